The molecule has 0 spiro atoms. The summed E-state index contributed by atoms with van der Waals surface area (Å²) in [5.41, 5.74) is 8.88. The number of aryl methyl sites for hydroxylation is 1. The maximum atomic E-state index is 13.4. The number of anilines is 1. The van der Waals surface area contributed by atoms with Crippen molar-refractivity contribution in [1.29, 1.82) is 0 Å². The van der Waals surface area contributed by atoms with Crippen LogP contribution in [-0.4, -0.2) is 64.3 Å². The summed E-state index contributed by atoms with van der Waals surface area (Å²) in [6, 6.07) is 7.98. The van der Waals surface area contributed by atoms with Gasteiger partial charge in [0.25, 0.3) is 11.8 Å². The normalized spacial score (nSPS) is 16.0. The van der Waals surface area contributed by atoms with Crippen LogP contribution in [0.2, 0.25) is 0 Å². The molecule has 0 unspecified atom stereocenters. The van der Waals surface area contributed by atoms with Gasteiger partial charge >= 0.3 is 0 Å². The summed E-state index contributed by atoms with van der Waals surface area (Å²) in [4.78, 5) is 38.3. The lowest BCUT2D eigenvalue weighted by Gasteiger charge is -2.29. The van der Waals surface area contributed by atoms with Crippen LogP contribution in [0.4, 0.5) is 5.69 Å². The van der Waals surface area contributed by atoms with Crippen LogP contribution in [0.5, 0.6) is 0 Å². The Morgan fingerprint density at radius 3 is 2.67 bits per heavy atom. The molecule has 0 atom stereocenters. The van der Waals surface area contributed by atoms with E-state index in [4.69, 9.17) is 0 Å². The van der Waals surface area contributed by atoms with Gasteiger partial charge in [0.05, 0.1) is 11.1 Å². The number of fused-ring (bicyclic) bond motifs is 2. The van der Waals surface area contributed by atoms with E-state index in [1.807, 2.05) is 48.4 Å². The molecule has 7 heteroatoms. The summed E-state index contributed by atoms with van der Waals surface area (Å²) < 4.78 is 0. The third kappa shape index (κ3) is 4.24. The maximum Gasteiger partial charge on any atom is 0.256 e. The van der Waals surface area contributed by atoms with Crippen LogP contribution in [0.1, 0.15) is 52.3 Å². The number of aromatic nitrogens is 2. The Hall–Kier alpha value is -3.71. The highest BCUT2D eigenvalue weighted by Crippen LogP contribution is 2.37. The summed E-state index contributed by atoms with van der Waals surface area (Å²) in [7, 11) is 0. The summed E-state index contributed by atoms with van der Waals surface area (Å²) in [5, 5.41) is 2.98. The van der Waals surface area contributed by atoms with Gasteiger partial charge in [-0.2, -0.15) is 0 Å². The Morgan fingerprint density at radius 2 is 1.92 bits per heavy atom. The lowest BCUT2D eigenvalue weighted by Crippen LogP contribution is -2.42. The molecule has 0 bridgehead atoms. The largest absolute Gasteiger partial charge is 0.358 e. The van der Waals surface area contributed by atoms with Crippen molar-refractivity contribution in [2.75, 3.05) is 38.0 Å². The molecule has 2 aliphatic rings. The number of aromatic amines is 1. The molecule has 3 aromatic rings. The molecule has 1 aromatic carbocycles. The first-order valence-electron chi connectivity index (χ1n) is 12.7. The summed E-state index contributed by atoms with van der Waals surface area (Å²) >= 11 is 0. The van der Waals surface area contributed by atoms with E-state index >= 15 is 0 Å². The van der Waals surface area contributed by atoms with Crippen LogP contribution in [-0.2, 0) is 11.2 Å². The van der Waals surface area contributed by atoms with E-state index in [0.717, 1.165) is 83.1 Å². The first kappa shape index (κ1) is 24.0. The number of carbonyl (C=O) groups is 2. The average molecular weight is 484 g/mol. The van der Waals surface area contributed by atoms with E-state index in [9.17, 15) is 9.59 Å². The molecule has 2 aliphatic heterocycles. The number of benzene rings is 1. The Balaban J connectivity index is 1.46. The summed E-state index contributed by atoms with van der Waals surface area (Å²) in [6.07, 6.45) is 6.31. The molecule has 0 saturated heterocycles. The predicted octanol–water partition coefficient (Wildman–Crippen LogP) is 4.53. The number of hydrogen-bond acceptors (Lipinski definition) is 4. The van der Waals surface area contributed by atoms with Crippen molar-refractivity contribution >= 4 is 29.2 Å². The first-order valence-corrected chi connectivity index (χ1v) is 12.7. The molecule has 2 aromatic heterocycles. The Bertz CT molecular complexity index is 1370. The van der Waals surface area contributed by atoms with Gasteiger partial charge in [-0.3, -0.25) is 14.6 Å². The minimum Gasteiger partial charge on any atom is -0.358 e. The number of nitrogens with one attached hydrogen (secondary N) is 2. The number of rotatable bonds is 7. The van der Waals surface area contributed by atoms with E-state index in [1.54, 1.807) is 6.20 Å². The highest BCUT2D eigenvalue weighted by molar-refractivity contribution is 6.35. The number of hydrogen-bond donors (Lipinski definition) is 2. The van der Waals surface area contributed by atoms with Crippen molar-refractivity contribution in [2.24, 2.45) is 0 Å². The van der Waals surface area contributed by atoms with Crippen molar-refractivity contribution in [3.8, 4) is 11.1 Å². The number of likely N-dealkylation sites (N-methyl/N-ethyl adjacent to an activating group) is 1. The van der Waals surface area contributed by atoms with Crippen LogP contribution in [0.15, 0.2) is 36.7 Å². The zero-order valence-electron chi connectivity index (χ0n) is 21.4. The topological polar surface area (TPSA) is 81.3 Å². The van der Waals surface area contributed by atoms with Crippen LogP contribution in [0, 0.1) is 13.8 Å². The standard InChI is InChI=1S/C29H33N5O2/c1-5-33(6-2)13-14-34-12-10-25-27(29(34)36)19(4)26(31-25)16-22-21-15-20(7-8-24(21)32-28(22)35)23-17-30-11-9-18(23)3/h7-9,11,15-17,31H,5-6,10,12-14H2,1-4H3,(H,32,35)/b22-16-. The van der Waals surface area contributed by atoms with Gasteiger partial charge in [0.2, 0.25) is 0 Å². The van der Waals surface area contributed by atoms with Crippen LogP contribution in [0.25, 0.3) is 22.8 Å². The van der Waals surface area contributed by atoms with Crippen molar-refractivity contribution in [2.45, 2.75) is 34.1 Å². The minimum absolute atomic E-state index is 0.0763. The van der Waals surface area contributed by atoms with E-state index in [2.05, 4.69) is 41.0 Å². The lowest BCUT2D eigenvalue weighted by atomic mass is 9.97. The molecule has 0 radical (unpaired) electrons. The first-order chi connectivity index (χ1) is 17.4. The van der Waals surface area contributed by atoms with Gasteiger partial charge in [-0.1, -0.05) is 19.9 Å². The smallest absolute Gasteiger partial charge is 0.256 e. The predicted molar refractivity (Wildman–Crippen MR) is 144 cm³/mol. The summed E-state index contributed by atoms with van der Waals surface area (Å²) in [6.45, 7) is 12.6. The van der Waals surface area contributed by atoms with Gasteiger partial charge in [0, 0.05) is 66.7 Å². The summed E-state index contributed by atoms with van der Waals surface area (Å²) in [5.74, 6) is -0.0587. The number of amides is 2. The van der Waals surface area contributed by atoms with Crippen LogP contribution < -0.4 is 5.32 Å². The second kappa shape index (κ2) is 9.74. The number of carbonyl (C=O) groups excluding carboxylic acids is 2. The molecule has 0 aliphatic carbocycles. The molecule has 36 heavy (non-hydrogen) atoms. The maximum absolute atomic E-state index is 13.4. The second-order valence-corrected chi connectivity index (χ2v) is 9.55. The van der Waals surface area contributed by atoms with Crippen LogP contribution >= 0.6 is 0 Å². The monoisotopic (exact) mass is 483 g/mol. The van der Waals surface area contributed by atoms with Gasteiger partial charge in [-0.05, 0) is 67.9 Å². The quantitative estimate of drug-likeness (QED) is 0.484. The Labute approximate surface area is 212 Å². The molecule has 0 fully saturated rings. The molecule has 2 N–H and O–H groups in total. The molecular weight excluding hydrogens is 450 g/mol. The zero-order valence-corrected chi connectivity index (χ0v) is 21.4. The van der Waals surface area contributed by atoms with E-state index in [-0.39, 0.29) is 11.8 Å². The lowest BCUT2D eigenvalue weighted by molar-refractivity contribution is -0.110. The molecule has 5 rings (SSSR count). The van der Waals surface area contributed by atoms with Gasteiger partial charge < -0.3 is 20.1 Å². The SMILES string of the molecule is CCN(CC)CCN1CCc2[nH]c(/C=C3\C(=O)Nc4ccc(-c5cnccc5C)cc43)c(C)c2C1=O. The van der Waals surface area contributed by atoms with Crippen molar-refractivity contribution in [3.63, 3.8) is 0 Å². The fourth-order valence-corrected chi connectivity index (χ4v) is 5.23. The second-order valence-electron chi connectivity index (χ2n) is 9.55. The molecular formula is C29H33N5O2. The van der Waals surface area contributed by atoms with E-state index in [1.165, 1.54) is 0 Å². The number of H-pyrrole nitrogens is 1. The van der Waals surface area contributed by atoms with Gasteiger partial charge in [0.1, 0.15) is 0 Å². The third-order valence-electron chi connectivity index (χ3n) is 7.52. The van der Waals surface area contributed by atoms with Crippen molar-refractivity contribution < 1.29 is 9.59 Å². The molecule has 7 nitrogen and oxygen atoms in total. The van der Waals surface area contributed by atoms with Crippen molar-refractivity contribution in [3.05, 3.63) is 70.3 Å². The van der Waals surface area contributed by atoms with E-state index < -0.39 is 0 Å². The molecule has 4 heterocycles. The van der Waals surface area contributed by atoms with E-state index in [0.29, 0.717) is 12.1 Å². The molecule has 186 valence electrons. The minimum atomic E-state index is -0.135. The fourth-order valence-electron chi connectivity index (χ4n) is 5.23. The fraction of sp³-hybridized carbons (Fsp3) is 0.345. The van der Waals surface area contributed by atoms with Crippen molar-refractivity contribution in [1.82, 2.24) is 19.8 Å². The average Bonchev–Trinajstić information content (AvgIpc) is 3.37. The number of pyridine rings is 1. The number of nitrogens with zero attached hydrogens (tertiary/aromatic N) is 3. The van der Waals surface area contributed by atoms with Gasteiger partial charge in [0.15, 0.2) is 0 Å². The van der Waals surface area contributed by atoms with Gasteiger partial charge in [-0.15, -0.1) is 0 Å². The Kier molecular flexibility index (Phi) is 6.49. The highest BCUT2D eigenvalue weighted by atomic mass is 16.2. The highest BCUT2D eigenvalue weighted by Gasteiger charge is 2.30. The van der Waals surface area contributed by atoms with Gasteiger partial charge in [-0.25, -0.2) is 0 Å². The molecule has 2 amide bonds. The zero-order chi connectivity index (χ0) is 25.4. The molecule has 0 saturated carbocycles. The Morgan fingerprint density at radius 1 is 1.11 bits per heavy atom. The third-order valence-corrected chi connectivity index (χ3v) is 7.52. The van der Waals surface area contributed by atoms with Crippen LogP contribution in [0.3, 0.4) is 0 Å².